The number of carbonyl (C=O) groups excluding carboxylic acids is 3. The van der Waals surface area contributed by atoms with Crippen LogP contribution in [-0.4, -0.2) is 43.4 Å². The van der Waals surface area contributed by atoms with E-state index in [1.807, 2.05) is 13.8 Å². The van der Waals surface area contributed by atoms with E-state index in [1.165, 1.54) is 6.92 Å². The molecule has 3 amide bonds. The maximum atomic E-state index is 11.4. The minimum absolute atomic E-state index is 0.0211. The highest BCUT2D eigenvalue weighted by Crippen LogP contribution is 1.97. The number of hydrogen-bond acceptors (Lipinski definition) is 4. The van der Waals surface area contributed by atoms with E-state index in [0.717, 1.165) is 0 Å². The Morgan fingerprint density at radius 2 is 1.61 bits per heavy atom. The molecule has 0 aromatic heterocycles. The highest BCUT2D eigenvalue weighted by atomic mass is 16.2. The van der Waals surface area contributed by atoms with E-state index in [2.05, 4.69) is 16.0 Å². The molecule has 0 aliphatic rings. The molecule has 18 heavy (non-hydrogen) atoms. The number of amides is 3. The molecular weight excluding hydrogens is 236 g/mol. The molecular formula is C11H22N4O3. The molecule has 0 saturated heterocycles. The number of hydrogen-bond donors (Lipinski definition) is 4. The summed E-state index contributed by atoms with van der Waals surface area (Å²) in [7, 11) is 0. The van der Waals surface area contributed by atoms with Gasteiger partial charge in [-0.1, -0.05) is 13.8 Å². The van der Waals surface area contributed by atoms with Crippen molar-refractivity contribution < 1.29 is 14.4 Å². The van der Waals surface area contributed by atoms with Crippen molar-refractivity contribution in [2.45, 2.75) is 26.8 Å². The van der Waals surface area contributed by atoms with Gasteiger partial charge in [-0.15, -0.1) is 0 Å². The average Bonchev–Trinajstić information content (AvgIpc) is 2.30. The van der Waals surface area contributed by atoms with Crippen LogP contribution in [-0.2, 0) is 14.4 Å². The predicted octanol–water partition coefficient (Wildman–Crippen LogP) is -1.66. The van der Waals surface area contributed by atoms with Gasteiger partial charge < -0.3 is 21.7 Å². The minimum atomic E-state index is -0.614. The summed E-state index contributed by atoms with van der Waals surface area (Å²) in [6.07, 6.45) is 0. The molecule has 104 valence electrons. The van der Waals surface area contributed by atoms with Crippen molar-refractivity contribution >= 4 is 17.7 Å². The lowest BCUT2D eigenvalue weighted by molar-refractivity contribution is -0.127. The standard InChI is InChI=1S/C11H22N4O3/c1-7(2)10(12)11(18)15-6-9(17)14-5-4-13-8(3)16/h7,10H,4-6,12H2,1-3H3,(H,13,16)(H,14,17)(H,15,18)/t10-/m0/s1. The highest BCUT2D eigenvalue weighted by Gasteiger charge is 2.17. The Morgan fingerprint density at radius 3 is 2.11 bits per heavy atom. The van der Waals surface area contributed by atoms with E-state index >= 15 is 0 Å². The van der Waals surface area contributed by atoms with Crippen molar-refractivity contribution in [2.75, 3.05) is 19.6 Å². The zero-order valence-electron chi connectivity index (χ0n) is 11.1. The summed E-state index contributed by atoms with van der Waals surface area (Å²) in [6, 6.07) is -0.614. The van der Waals surface area contributed by atoms with Gasteiger partial charge in [-0.2, -0.15) is 0 Å². The fraction of sp³-hybridized carbons (Fsp3) is 0.727. The summed E-state index contributed by atoms with van der Waals surface area (Å²) in [5.41, 5.74) is 5.61. The largest absolute Gasteiger partial charge is 0.355 e. The molecule has 0 rings (SSSR count). The van der Waals surface area contributed by atoms with Gasteiger partial charge in [0.05, 0.1) is 12.6 Å². The van der Waals surface area contributed by atoms with Crippen LogP contribution in [0.1, 0.15) is 20.8 Å². The van der Waals surface area contributed by atoms with Crippen molar-refractivity contribution in [2.24, 2.45) is 11.7 Å². The van der Waals surface area contributed by atoms with Crippen LogP contribution in [0.25, 0.3) is 0 Å². The second-order valence-electron chi connectivity index (χ2n) is 4.32. The Bertz CT molecular complexity index is 305. The second kappa shape index (κ2) is 8.46. The molecule has 5 N–H and O–H groups in total. The van der Waals surface area contributed by atoms with Gasteiger partial charge in [0, 0.05) is 20.0 Å². The Hall–Kier alpha value is -1.63. The third kappa shape index (κ3) is 7.61. The van der Waals surface area contributed by atoms with Gasteiger partial charge in [0.15, 0.2) is 0 Å². The first-order chi connectivity index (χ1) is 8.34. The summed E-state index contributed by atoms with van der Waals surface area (Å²) in [5.74, 6) is -0.792. The summed E-state index contributed by atoms with van der Waals surface area (Å²) >= 11 is 0. The van der Waals surface area contributed by atoms with Crippen molar-refractivity contribution in [3.63, 3.8) is 0 Å². The third-order valence-corrected chi connectivity index (χ3v) is 2.27. The summed E-state index contributed by atoms with van der Waals surface area (Å²) in [5, 5.41) is 7.54. The smallest absolute Gasteiger partial charge is 0.239 e. The SMILES string of the molecule is CC(=O)NCCNC(=O)CNC(=O)[C@@H](N)C(C)C. The lowest BCUT2D eigenvalue weighted by Crippen LogP contribution is -2.47. The van der Waals surface area contributed by atoms with E-state index in [1.54, 1.807) is 0 Å². The van der Waals surface area contributed by atoms with E-state index in [9.17, 15) is 14.4 Å². The van der Waals surface area contributed by atoms with E-state index in [0.29, 0.717) is 13.1 Å². The van der Waals surface area contributed by atoms with Gasteiger partial charge in [-0.3, -0.25) is 14.4 Å². The van der Waals surface area contributed by atoms with Crippen LogP contribution in [0, 0.1) is 5.92 Å². The van der Waals surface area contributed by atoms with Crippen LogP contribution in [0.15, 0.2) is 0 Å². The summed E-state index contributed by atoms with van der Waals surface area (Å²) in [4.78, 5) is 33.3. The predicted molar refractivity (Wildman–Crippen MR) is 67.5 cm³/mol. The zero-order valence-corrected chi connectivity index (χ0v) is 11.1. The number of nitrogens with one attached hydrogen (secondary N) is 3. The van der Waals surface area contributed by atoms with Crippen molar-refractivity contribution in [1.82, 2.24) is 16.0 Å². The second-order valence-corrected chi connectivity index (χ2v) is 4.32. The number of nitrogens with two attached hydrogens (primary N) is 1. The van der Waals surface area contributed by atoms with Crippen molar-refractivity contribution in [3.05, 3.63) is 0 Å². The Labute approximate surface area is 107 Å². The van der Waals surface area contributed by atoms with Crippen LogP contribution < -0.4 is 21.7 Å². The Kier molecular flexibility index (Phi) is 7.69. The van der Waals surface area contributed by atoms with E-state index < -0.39 is 6.04 Å². The molecule has 0 unspecified atom stereocenters. The van der Waals surface area contributed by atoms with Crippen LogP contribution in [0.2, 0.25) is 0 Å². The lowest BCUT2D eigenvalue weighted by Gasteiger charge is -2.15. The van der Waals surface area contributed by atoms with Gasteiger partial charge in [0.25, 0.3) is 0 Å². The lowest BCUT2D eigenvalue weighted by atomic mass is 10.1. The van der Waals surface area contributed by atoms with Crippen LogP contribution >= 0.6 is 0 Å². The molecule has 1 atom stereocenters. The fourth-order valence-electron chi connectivity index (χ4n) is 1.09. The maximum Gasteiger partial charge on any atom is 0.239 e. The minimum Gasteiger partial charge on any atom is -0.355 e. The Morgan fingerprint density at radius 1 is 1.06 bits per heavy atom. The van der Waals surface area contributed by atoms with Gasteiger partial charge in [-0.25, -0.2) is 0 Å². The first-order valence-corrected chi connectivity index (χ1v) is 5.89. The molecule has 0 aliphatic heterocycles. The molecule has 0 radical (unpaired) electrons. The van der Waals surface area contributed by atoms with Crippen molar-refractivity contribution in [3.8, 4) is 0 Å². The molecule has 0 fully saturated rings. The van der Waals surface area contributed by atoms with Crippen LogP contribution in [0.4, 0.5) is 0 Å². The molecule has 7 nitrogen and oxygen atoms in total. The topological polar surface area (TPSA) is 113 Å². The van der Waals surface area contributed by atoms with Gasteiger partial charge in [-0.05, 0) is 5.92 Å². The van der Waals surface area contributed by atoms with E-state index in [-0.39, 0.29) is 30.2 Å². The van der Waals surface area contributed by atoms with E-state index in [4.69, 9.17) is 5.73 Å². The monoisotopic (exact) mass is 258 g/mol. The van der Waals surface area contributed by atoms with Crippen molar-refractivity contribution in [1.29, 1.82) is 0 Å². The molecule has 0 aromatic carbocycles. The van der Waals surface area contributed by atoms with Crippen LogP contribution in [0.5, 0.6) is 0 Å². The van der Waals surface area contributed by atoms with Crippen LogP contribution in [0.3, 0.4) is 0 Å². The molecule has 0 spiro atoms. The first-order valence-electron chi connectivity index (χ1n) is 5.89. The first kappa shape index (κ1) is 16.4. The van der Waals surface area contributed by atoms with Gasteiger partial charge in [0.1, 0.15) is 0 Å². The molecule has 0 saturated carbocycles. The normalized spacial score (nSPS) is 11.8. The highest BCUT2D eigenvalue weighted by molar-refractivity contribution is 5.87. The molecule has 0 bridgehead atoms. The summed E-state index contributed by atoms with van der Waals surface area (Å²) in [6.45, 7) is 5.63. The zero-order chi connectivity index (χ0) is 14.1. The molecule has 0 aliphatic carbocycles. The summed E-state index contributed by atoms with van der Waals surface area (Å²) < 4.78 is 0. The maximum absolute atomic E-state index is 11.4. The quantitative estimate of drug-likeness (QED) is 0.409. The van der Waals surface area contributed by atoms with Gasteiger partial charge in [0.2, 0.25) is 17.7 Å². The number of rotatable bonds is 7. The third-order valence-electron chi connectivity index (χ3n) is 2.27. The molecule has 0 heterocycles. The Balaban J connectivity index is 3.70. The molecule has 7 heteroatoms. The fourth-order valence-corrected chi connectivity index (χ4v) is 1.09. The average molecular weight is 258 g/mol. The number of carbonyl (C=O) groups is 3. The van der Waals surface area contributed by atoms with Gasteiger partial charge >= 0.3 is 0 Å². The molecule has 0 aromatic rings.